The molecule has 0 atom stereocenters. The molecule has 0 unspecified atom stereocenters. The number of carbonyl (C=O) groups is 1. The van der Waals surface area contributed by atoms with Crippen LogP contribution in [0.2, 0.25) is 10.0 Å². The summed E-state index contributed by atoms with van der Waals surface area (Å²) in [4.78, 5) is 12.0. The molecule has 1 nitrogen and oxygen atoms in total. The first kappa shape index (κ1) is 14.0. The van der Waals surface area contributed by atoms with Crippen LogP contribution in [0.4, 0.5) is 8.78 Å². The highest BCUT2D eigenvalue weighted by molar-refractivity contribution is 6.34. The van der Waals surface area contributed by atoms with Crippen molar-refractivity contribution in [2.45, 2.75) is 6.42 Å². The van der Waals surface area contributed by atoms with Crippen molar-refractivity contribution in [2.24, 2.45) is 0 Å². The van der Waals surface area contributed by atoms with Crippen molar-refractivity contribution in [3.63, 3.8) is 0 Å². The van der Waals surface area contributed by atoms with E-state index in [2.05, 4.69) is 0 Å². The molecule has 0 bridgehead atoms. The van der Waals surface area contributed by atoms with Crippen LogP contribution < -0.4 is 0 Å². The van der Waals surface area contributed by atoms with E-state index in [1.54, 1.807) is 0 Å². The van der Waals surface area contributed by atoms with Gasteiger partial charge in [0.05, 0.1) is 10.0 Å². The molecule has 19 heavy (non-hydrogen) atoms. The fourth-order valence-electron chi connectivity index (χ4n) is 1.65. The van der Waals surface area contributed by atoms with Crippen LogP contribution in [0.5, 0.6) is 0 Å². The zero-order valence-corrected chi connectivity index (χ0v) is 11.1. The van der Waals surface area contributed by atoms with Crippen molar-refractivity contribution in [1.82, 2.24) is 0 Å². The van der Waals surface area contributed by atoms with E-state index in [4.69, 9.17) is 23.2 Å². The van der Waals surface area contributed by atoms with E-state index < -0.39 is 11.6 Å². The normalized spacial score (nSPS) is 10.5. The van der Waals surface area contributed by atoms with Gasteiger partial charge < -0.3 is 0 Å². The molecule has 0 spiro atoms. The smallest absolute Gasteiger partial charge is 0.168 e. The number of carbonyl (C=O) groups excluding carboxylic acids is 1. The SMILES string of the molecule is O=C(Cc1ccc(F)c(Cl)c1)c1ccc(F)cc1Cl. The van der Waals surface area contributed by atoms with Gasteiger partial charge in [0.1, 0.15) is 11.6 Å². The number of hydrogen-bond donors (Lipinski definition) is 0. The van der Waals surface area contributed by atoms with E-state index in [-0.39, 0.29) is 27.8 Å². The zero-order valence-electron chi connectivity index (χ0n) is 9.59. The molecule has 0 aliphatic heterocycles. The number of hydrogen-bond acceptors (Lipinski definition) is 1. The zero-order chi connectivity index (χ0) is 14.0. The van der Waals surface area contributed by atoms with Crippen LogP contribution in [-0.2, 0) is 6.42 Å². The maximum absolute atomic E-state index is 13.0. The molecule has 0 aliphatic rings. The lowest BCUT2D eigenvalue weighted by atomic mass is 10.0. The average Bonchev–Trinajstić information content (AvgIpc) is 2.33. The van der Waals surface area contributed by atoms with Gasteiger partial charge in [-0.1, -0.05) is 29.3 Å². The molecule has 2 aromatic rings. The van der Waals surface area contributed by atoms with Gasteiger partial charge in [0.25, 0.3) is 0 Å². The van der Waals surface area contributed by atoms with E-state index in [0.29, 0.717) is 5.56 Å². The number of halogens is 4. The molecule has 2 aromatic carbocycles. The largest absolute Gasteiger partial charge is 0.294 e. The first-order valence-electron chi connectivity index (χ1n) is 5.39. The minimum Gasteiger partial charge on any atom is -0.294 e. The van der Waals surface area contributed by atoms with Crippen molar-refractivity contribution in [3.05, 3.63) is 69.2 Å². The van der Waals surface area contributed by atoms with Crippen LogP contribution >= 0.6 is 23.2 Å². The Hall–Kier alpha value is -1.45. The monoisotopic (exact) mass is 300 g/mol. The van der Waals surface area contributed by atoms with Gasteiger partial charge in [0.15, 0.2) is 5.78 Å². The van der Waals surface area contributed by atoms with E-state index >= 15 is 0 Å². The molecule has 5 heteroatoms. The van der Waals surface area contributed by atoms with Gasteiger partial charge in [-0.15, -0.1) is 0 Å². The van der Waals surface area contributed by atoms with Crippen LogP contribution in [-0.4, -0.2) is 5.78 Å². The second kappa shape index (κ2) is 5.68. The Morgan fingerprint density at radius 3 is 2.37 bits per heavy atom. The highest BCUT2D eigenvalue weighted by Gasteiger charge is 2.12. The molecule has 2 rings (SSSR count). The fraction of sp³-hybridized carbons (Fsp3) is 0.0714. The average molecular weight is 301 g/mol. The predicted octanol–water partition coefficient (Wildman–Crippen LogP) is 4.70. The molecule has 0 amide bonds. The third-order valence-corrected chi connectivity index (χ3v) is 3.18. The van der Waals surface area contributed by atoms with Gasteiger partial charge in [-0.3, -0.25) is 4.79 Å². The molecule has 0 saturated heterocycles. The minimum absolute atomic E-state index is 0.0192. The highest BCUT2D eigenvalue weighted by atomic mass is 35.5. The molecule has 0 saturated carbocycles. The quantitative estimate of drug-likeness (QED) is 0.751. The summed E-state index contributed by atoms with van der Waals surface area (Å²) in [6.45, 7) is 0. The molecule has 0 radical (unpaired) electrons. The van der Waals surface area contributed by atoms with Crippen molar-refractivity contribution >= 4 is 29.0 Å². The molecule has 0 heterocycles. The molecule has 0 aromatic heterocycles. The van der Waals surface area contributed by atoms with Gasteiger partial charge in [0.2, 0.25) is 0 Å². The van der Waals surface area contributed by atoms with Crippen LogP contribution in [0.25, 0.3) is 0 Å². The van der Waals surface area contributed by atoms with Gasteiger partial charge in [-0.25, -0.2) is 8.78 Å². The number of Topliss-reactive ketones (excluding diaryl/α,β-unsaturated/α-hetero) is 1. The van der Waals surface area contributed by atoms with Crippen molar-refractivity contribution < 1.29 is 13.6 Å². The lowest BCUT2D eigenvalue weighted by molar-refractivity contribution is 0.0993. The Kier molecular flexibility index (Phi) is 4.17. The van der Waals surface area contributed by atoms with E-state index in [9.17, 15) is 13.6 Å². The summed E-state index contributed by atoms with van der Waals surface area (Å²) >= 11 is 11.4. The highest BCUT2D eigenvalue weighted by Crippen LogP contribution is 2.21. The summed E-state index contributed by atoms with van der Waals surface area (Å²) in [7, 11) is 0. The Bertz CT molecular complexity index is 641. The minimum atomic E-state index is -0.544. The topological polar surface area (TPSA) is 17.1 Å². The fourth-order valence-corrected chi connectivity index (χ4v) is 2.12. The molecular weight excluding hydrogens is 293 g/mol. The third kappa shape index (κ3) is 3.31. The van der Waals surface area contributed by atoms with Gasteiger partial charge in [-0.2, -0.15) is 0 Å². The van der Waals surface area contributed by atoms with Crippen LogP contribution in [0, 0.1) is 11.6 Å². The van der Waals surface area contributed by atoms with E-state index in [1.807, 2.05) is 0 Å². The first-order valence-corrected chi connectivity index (χ1v) is 6.15. The number of benzene rings is 2. The Morgan fingerprint density at radius 1 is 1.00 bits per heavy atom. The predicted molar refractivity (Wildman–Crippen MR) is 70.9 cm³/mol. The Morgan fingerprint density at radius 2 is 1.74 bits per heavy atom. The van der Waals surface area contributed by atoms with Gasteiger partial charge >= 0.3 is 0 Å². The summed E-state index contributed by atoms with van der Waals surface area (Å²) in [5, 5.41) is 0.00807. The first-order chi connectivity index (χ1) is 8.97. The Balaban J connectivity index is 2.23. The van der Waals surface area contributed by atoms with Crippen LogP contribution in [0.1, 0.15) is 15.9 Å². The summed E-state index contributed by atoms with van der Waals surface area (Å²) in [5.41, 5.74) is 0.792. The lowest BCUT2D eigenvalue weighted by Crippen LogP contribution is -2.04. The number of rotatable bonds is 3. The van der Waals surface area contributed by atoms with Crippen LogP contribution in [0.3, 0.4) is 0 Å². The Labute approximate surface area is 118 Å². The maximum atomic E-state index is 13.0. The lowest BCUT2D eigenvalue weighted by Gasteiger charge is -2.05. The second-order valence-electron chi connectivity index (χ2n) is 3.97. The standard InChI is InChI=1S/C14H8Cl2F2O/c15-11-7-9(17)2-3-10(11)14(19)6-8-1-4-13(18)12(16)5-8/h1-5,7H,6H2. The molecule has 0 aliphatic carbocycles. The van der Waals surface area contributed by atoms with Crippen molar-refractivity contribution in [1.29, 1.82) is 0 Å². The summed E-state index contributed by atoms with van der Waals surface area (Å²) in [5.74, 6) is -1.34. The third-order valence-electron chi connectivity index (χ3n) is 2.58. The summed E-state index contributed by atoms with van der Waals surface area (Å²) in [6.07, 6.45) is 0.0192. The molecule has 0 fully saturated rings. The van der Waals surface area contributed by atoms with Crippen molar-refractivity contribution in [2.75, 3.05) is 0 Å². The van der Waals surface area contributed by atoms with Crippen molar-refractivity contribution in [3.8, 4) is 0 Å². The molecular formula is C14H8Cl2F2O. The summed E-state index contributed by atoms with van der Waals surface area (Å²) in [6, 6.07) is 7.61. The maximum Gasteiger partial charge on any atom is 0.168 e. The van der Waals surface area contributed by atoms with Crippen LogP contribution in [0.15, 0.2) is 36.4 Å². The molecule has 98 valence electrons. The molecule has 0 N–H and O–H groups in total. The number of ketones is 1. The van der Waals surface area contributed by atoms with Gasteiger partial charge in [-0.05, 0) is 35.9 Å². The van der Waals surface area contributed by atoms with E-state index in [0.717, 1.165) is 12.1 Å². The van der Waals surface area contributed by atoms with E-state index in [1.165, 1.54) is 24.3 Å². The summed E-state index contributed by atoms with van der Waals surface area (Å²) < 4.78 is 25.9. The second-order valence-corrected chi connectivity index (χ2v) is 4.79. The van der Waals surface area contributed by atoms with Gasteiger partial charge in [0, 0.05) is 12.0 Å².